The van der Waals surface area contributed by atoms with E-state index in [1.54, 1.807) is 0 Å². The summed E-state index contributed by atoms with van der Waals surface area (Å²) >= 11 is 7.40. The van der Waals surface area contributed by atoms with E-state index >= 15 is 0 Å². The number of carbonyl (C=O) groups is 1. The Morgan fingerprint density at radius 3 is 2.65 bits per heavy atom. The van der Waals surface area contributed by atoms with E-state index in [9.17, 15) is 4.79 Å². The number of unbranched alkanes of at least 4 members (excludes halogenated alkanes) is 1. The molecule has 0 saturated heterocycles. The summed E-state index contributed by atoms with van der Waals surface area (Å²) < 4.78 is 0. The summed E-state index contributed by atoms with van der Waals surface area (Å²) in [5, 5.41) is 10.8. The lowest BCUT2D eigenvalue weighted by Gasteiger charge is -2.29. The average Bonchev–Trinajstić information content (AvgIpc) is 2.96. The Balaban J connectivity index is 1.81. The van der Waals surface area contributed by atoms with Gasteiger partial charge in [-0.25, -0.2) is 0 Å². The maximum Gasteiger partial charge on any atom is 0.231 e. The van der Waals surface area contributed by atoms with Gasteiger partial charge in [0.25, 0.3) is 0 Å². The molecule has 23 heavy (non-hydrogen) atoms. The maximum atomic E-state index is 12.7. The van der Waals surface area contributed by atoms with Gasteiger partial charge in [-0.3, -0.25) is 9.69 Å². The van der Waals surface area contributed by atoms with E-state index in [4.69, 9.17) is 11.6 Å². The zero-order chi connectivity index (χ0) is 16.2. The zero-order valence-electron chi connectivity index (χ0n) is 13.2. The van der Waals surface area contributed by atoms with Crippen molar-refractivity contribution in [3.05, 3.63) is 29.3 Å². The summed E-state index contributed by atoms with van der Waals surface area (Å²) in [6, 6.07) is 7.53. The van der Waals surface area contributed by atoms with Gasteiger partial charge in [0.2, 0.25) is 11.0 Å². The van der Waals surface area contributed by atoms with Crippen molar-refractivity contribution in [2.24, 2.45) is 5.92 Å². The Kier molecular flexibility index (Phi) is 5.28. The van der Waals surface area contributed by atoms with E-state index in [1.165, 1.54) is 11.3 Å². The smallest absolute Gasteiger partial charge is 0.231 e. The lowest BCUT2D eigenvalue weighted by atomic mass is 9.84. The number of hydrogen-bond donors (Lipinski definition) is 0. The minimum Gasteiger partial charge on any atom is -0.286 e. The number of aromatic nitrogens is 2. The molecule has 1 heterocycles. The summed E-state index contributed by atoms with van der Waals surface area (Å²) in [4.78, 5) is 14.5. The fourth-order valence-electron chi connectivity index (χ4n) is 2.53. The molecular formula is C17H20ClN3OS. The Bertz CT molecular complexity index is 667. The van der Waals surface area contributed by atoms with Gasteiger partial charge < -0.3 is 0 Å². The number of halogens is 1. The molecule has 122 valence electrons. The fourth-order valence-corrected chi connectivity index (χ4v) is 3.53. The Morgan fingerprint density at radius 2 is 2.04 bits per heavy atom. The van der Waals surface area contributed by atoms with Crippen LogP contribution in [0.15, 0.2) is 24.3 Å². The number of amides is 1. The highest BCUT2D eigenvalue weighted by Crippen LogP contribution is 2.34. The van der Waals surface area contributed by atoms with Crippen LogP contribution in [0.2, 0.25) is 5.02 Å². The van der Waals surface area contributed by atoms with E-state index in [1.807, 2.05) is 29.2 Å². The van der Waals surface area contributed by atoms with Gasteiger partial charge in [-0.2, -0.15) is 0 Å². The maximum absolute atomic E-state index is 12.7. The molecule has 6 heteroatoms. The lowest BCUT2D eigenvalue weighted by Crippen LogP contribution is -2.39. The van der Waals surface area contributed by atoms with Crippen LogP contribution in [0.25, 0.3) is 10.6 Å². The molecule has 4 nitrogen and oxygen atoms in total. The molecule has 0 spiro atoms. The molecule has 1 aromatic heterocycles. The van der Waals surface area contributed by atoms with Crippen LogP contribution in [0.4, 0.5) is 5.13 Å². The molecule has 3 rings (SSSR count). The summed E-state index contributed by atoms with van der Waals surface area (Å²) in [5.74, 6) is 0.387. The van der Waals surface area contributed by atoms with Crippen LogP contribution < -0.4 is 4.90 Å². The third-order valence-corrected chi connectivity index (χ3v) is 5.44. The van der Waals surface area contributed by atoms with Gasteiger partial charge in [-0.05, 0) is 31.4 Å². The normalized spacial score (nSPS) is 14.5. The van der Waals surface area contributed by atoms with Crippen molar-refractivity contribution in [1.82, 2.24) is 10.2 Å². The number of nitrogens with zero attached hydrogens (tertiary/aromatic N) is 3. The minimum atomic E-state index is 0.176. The Hall–Kier alpha value is -1.46. The monoisotopic (exact) mass is 349 g/mol. The highest BCUT2D eigenvalue weighted by Gasteiger charge is 2.31. The van der Waals surface area contributed by atoms with Crippen molar-refractivity contribution >= 4 is 34.0 Å². The third-order valence-electron chi connectivity index (χ3n) is 4.19. The van der Waals surface area contributed by atoms with E-state index < -0.39 is 0 Å². The van der Waals surface area contributed by atoms with E-state index in [0.29, 0.717) is 10.2 Å². The SMILES string of the molecule is CCCCN(C(=O)C1CCC1)c1nnc(-c2ccc(Cl)cc2)s1. The number of benzene rings is 1. The van der Waals surface area contributed by atoms with Crippen molar-refractivity contribution in [2.75, 3.05) is 11.4 Å². The number of anilines is 1. The van der Waals surface area contributed by atoms with E-state index in [0.717, 1.165) is 49.2 Å². The molecule has 1 aliphatic rings. The average molecular weight is 350 g/mol. The largest absolute Gasteiger partial charge is 0.286 e. The van der Waals surface area contributed by atoms with Crippen molar-refractivity contribution < 1.29 is 4.79 Å². The molecule has 0 N–H and O–H groups in total. The molecule has 0 radical (unpaired) electrons. The number of rotatable bonds is 6. The van der Waals surface area contributed by atoms with Gasteiger partial charge in [0.15, 0.2) is 0 Å². The van der Waals surface area contributed by atoms with Crippen LogP contribution >= 0.6 is 22.9 Å². The first kappa shape index (κ1) is 16.4. The van der Waals surface area contributed by atoms with Crippen molar-refractivity contribution in [2.45, 2.75) is 39.0 Å². The van der Waals surface area contributed by atoms with Crippen LogP contribution in [0, 0.1) is 5.92 Å². The first-order valence-corrected chi connectivity index (χ1v) is 9.29. The second kappa shape index (κ2) is 7.41. The molecule has 0 bridgehead atoms. The molecule has 0 unspecified atom stereocenters. The van der Waals surface area contributed by atoms with Crippen molar-refractivity contribution in [3.8, 4) is 10.6 Å². The molecule has 1 amide bonds. The van der Waals surface area contributed by atoms with Gasteiger partial charge in [-0.1, -0.05) is 54.8 Å². The van der Waals surface area contributed by atoms with Crippen LogP contribution in [0.3, 0.4) is 0 Å². The minimum absolute atomic E-state index is 0.176. The first-order chi connectivity index (χ1) is 11.2. The zero-order valence-corrected chi connectivity index (χ0v) is 14.7. The van der Waals surface area contributed by atoms with Crippen LogP contribution in [-0.4, -0.2) is 22.6 Å². The molecular weight excluding hydrogens is 330 g/mol. The third kappa shape index (κ3) is 3.72. The van der Waals surface area contributed by atoms with Gasteiger partial charge in [-0.15, -0.1) is 10.2 Å². The molecule has 1 aromatic carbocycles. The Labute approximate surface area is 145 Å². The highest BCUT2D eigenvalue weighted by atomic mass is 35.5. The second-order valence-electron chi connectivity index (χ2n) is 5.87. The van der Waals surface area contributed by atoms with Crippen LogP contribution in [-0.2, 0) is 4.79 Å². The van der Waals surface area contributed by atoms with Crippen molar-refractivity contribution in [3.63, 3.8) is 0 Å². The van der Waals surface area contributed by atoms with Gasteiger partial charge >= 0.3 is 0 Å². The molecule has 0 atom stereocenters. The summed E-state index contributed by atoms with van der Waals surface area (Å²) in [5.41, 5.74) is 0.977. The van der Waals surface area contributed by atoms with Gasteiger partial charge in [0.1, 0.15) is 5.01 Å². The topological polar surface area (TPSA) is 46.1 Å². The molecule has 1 saturated carbocycles. The summed E-state index contributed by atoms with van der Waals surface area (Å²) in [7, 11) is 0. The molecule has 0 aliphatic heterocycles. The highest BCUT2D eigenvalue weighted by molar-refractivity contribution is 7.18. The predicted molar refractivity (Wildman–Crippen MR) is 95.0 cm³/mol. The lowest BCUT2D eigenvalue weighted by molar-refractivity contribution is -0.124. The number of carbonyl (C=O) groups excluding carboxylic acids is 1. The predicted octanol–water partition coefficient (Wildman–Crippen LogP) is 4.79. The second-order valence-corrected chi connectivity index (χ2v) is 7.26. The molecule has 1 fully saturated rings. The Morgan fingerprint density at radius 1 is 1.30 bits per heavy atom. The summed E-state index contributed by atoms with van der Waals surface area (Å²) in [6.07, 6.45) is 5.20. The summed E-state index contributed by atoms with van der Waals surface area (Å²) in [6.45, 7) is 2.85. The quantitative estimate of drug-likeness (QED) is 0.753. The van der Waals surface area contributed by atoms with Gasteiger partial charge in [0, 0.05) is 23.0 Å². The number of hydrogen-bond acceptors (Lipinski definition) is 4. The van der Waals surface area contributed by atoms with Crippen LogP contribution in [0.1, 0.15) is 39.0 Å². The molecule has 2 aromatic rings. The molecule has 1 aliphatic carbocycles. The standard InChI is InChI=1S/C17H20ClN3OS/c1-2-3-11-21(16(22)13-5-4-6-13)17-20-19-15(23-17)12-7-9-14(18)10-8-12/h7-10,13H,2-6,11H2,1H3. The van der Waals surface area contributed by atoms with E-state index in [-0.39, 0.29) is 11.8 Å². The first-order valence-electron chi connectivity index (χ1n) is 8.10. The van der Waals surface area contributed by atoms with Crippen LogP contribution in [0.5, 0.6) is 0 Å². The van der Waals surface area contributed by atoms with E-state index in [2.05, 4.69) is 17.1 Å². The van der Waals surface area contributed by atoms with Crippen molar-refractivity contribution in [1.29, 1.82) is 0 Å². The fraction of sp³-hybridized carbons (Fsp3) is 0.471. The van der Waals surface area contributed by atoms with Gasteiger partial charge in [0.05, 0.1) is 0 Å².